The summed E-state index contributed by atoms with van der Waals surface area (Å²) in [4.78, 5) is 14.2. The number of oxime groups is 1. The van der Waals surface area contributed by atoms with Crippen LogP contribution in [0.25, 0.3) is 0 Å². The molecule has 0 spiro atoms. The number of rotatable bonds is 2. The van der Waals surface area contributed by atoms with Gasteiger partial charge in [-0.3, -0.25) is 4.79 Å². The first-order chi connectivity index (χ1) is 9.69. The second-order valence-electron chi connectivity index (χ2n) is 4.89. The van der Waals surface area contributed by atoms with Crippen LogP contribution in [0.3, 0.4) is 0 Å². The lowest BCUT2D eigenvalue weighted by Crippen LogP contribution is -2.44. The van der Waals surface area contributed by atoms with E-state index in [4.69, 9.17) is 10.5 Å². The highest BCUT2D eigenvalue weighted by Crippen LogP contribution is 2.19. The van der Waals surface area contributed by atoms with Gasteiger partial charge in [0.2, 0.25) is 0 Å². The quantitative estimate of drug-likeness (QED) is 0.662. The fourth-order valence-corrected chi connectivity index (χ4v) is 2.50. The lowest BCUT2D eigenvalue weighted by atomic mass is 9.93. The van der Waals surface area contributed by atoms with E-state index >= 15 is 0 Å². The fraction of sp³-hybridized carbons (Fsp3) is 0.400. The van der Waals surface area contributed by atoms with Gasteiger partial charge in [-0.1, -0.05) is 18.1 Å². The first kappa shape index (κ1) is 14.1. The van der Waals surface area contributed by atoms with Crippen LogP contribution in [0.1, 0.15) is 35.7 Å². The molecule has 1 aliphatic rings. The molecule has 1 aromatic carbocycles. The lowest BCUT2D eigenvalue weighted by Gasteiger charge is -2.32. The molecule has 5 nitrogen and oxygen atoms in total. The predicted molar refractivity (Wildman–Crippen MR) is 74.7 cm³/mol. The number of piperidine rings is 1. The number of benzene rings is 1. The number of nitrogens with zero attached hydrogens (tertiary/aromatic N) is 3. The molecule has 0 saturated carbocycles. The summed E-state index contributed by atoms with van der Waals surface area (Å²) in [6.45, 7) is 3.12. The first-order valence-electron chi connectivity index (χ1n) is 6.69. The summed E-state index contributed by atoms with van der Waals surface area (Å²) >= 11 is 0. The number of hydrogen-bond donors (Lipinski definition) is 1. The molecule has 2 rings (SSSR count). The van der Waals surface area contributed by atoms with E-state index in [1.165, 1.54) is 0 Å². The maximum absolute atomic E-state index is 12.4. The zero-order chi connectivity index (χ0) is 14.5. The van der Waals surface area contributed by atoms with Gasteiger partial charge in [0.25, 0.3) is 5.91 Å². The highest BCUT2D eigenvalue weighted by Gasteiger charge is 2.28. The maximum Gasteiger partial charge on any atom is 0.253 e. The van der Waals surface area contributed by atoms with Gasteiger partial charge in [-0.25, -0.2) is 0 Å². The number of carbonyl (C=O) groups excluding carboxylic acids is 1. The molecule has 1 amide bonds. The first-order valence-corrected chi connectivity index (χ1v) is 6.69. The van der Waals surface area contributed by atoms with Crippen molar-refractivity contribution in [3.8, 4) is 6.07 Å². The molecule has 1 atom stereocenters. The number of likely N-dealkylation sites (tertiary alicyclic amines) is 1. The van der Waals surface area contributed by atoms with Gasteiger partial charge in [0.05, 0.1) is 17.3 Å². The summed E-state index contributed by atoms with van der Waals surface area (Å²) in [7, 11) is 0. The van der Waals surface area contributed by atoms with E-state index in [-0.39, 0.29) is 11.8 Å². The molecule has 1 aromatic rings. The van der Waals surface area contributed by atoms with Crippen LogP contribution in [0.15, 0.2) is 29.4 Å². The van der Waals surface area contributed by atoms with Crippen LogP contribution in [0, 0.1) is 17.2 Å². The van der Waals surface area contributed by atoms with Gasteiger partial charge in [0, 0.05) is 31.0 Å². The van der Waals surface area contributed by atoms with Crippen molar-refractivity contribution >= 4 is 11.6 Å². The van der Waals surface area contributed by atoms with E-state index in [0.29, 0.717) is 30.6 Å². The van der Waals surface area contributed by atoms with E-state index in [0.717, 1.165) is 12.1 Å². The van der Waals surface area contributed by atoms with Gasteiger partial charge in [-0.2, -0.15) is 5.26 Å². The van der Waals surface area contributed by atoms with Crippen LogP contribution < -0.4 is 0 Å². The molecule has 104 valence electrons. The summed E-state index contributed by atoms with van der Waals surface area (Å²) < 4.78 is 0. The predicted octanol–water partition coefficient (Wildman–Crippen LogP) is 2.26. The van der Waals surface area contributed by atoms with Gasteiger partial charge in [0.15, 0.2) is 0 Å². The zero-order valence-electron chi connectivity index (χ0n) is 11.4. The van der Waals surface area contributed by atoms with Crippen LogP contribution in [0.4, 0.5) is 0 Å². The van der Waals surface area contributed by atoms with Gasteiger partial charge in [0.1, 0.15) is 0 Å². The van der Waals surface area contributed by atoms with Crippen molar-refractivity contribution in [3.05, 3.63) is 35.4 Å². The molecule has 0 aromatic heterocycles. The fourth-order valence-electron chi connectivity index (χ4n) is 2.50. The van der Waals surface area contributed by atoms with E-state index in [2.05, 4.69) is 5.16 Å². The molecule has 5 heteroatoms. The summed E-state index contributed by atoms with van der Waals surface area (Å²) in [6.07, 6.45) is 1.43. The second-order valence-corrected chi connectivity index (χ2v) is 4.89. The Hall–Kier alpha value is -2.35. The van der Waals surface area contributed by atoms with Gasteiger partial charge in [-0.05, 0) is 24.6 Å². The molecular formula is C15H17N3O2. The highest BCUT2D eigenvalue weighted by molar-refractivity contribution is 5.96. The van der Waals surface area contributed by atoms with Crippen molar-refractivity contribution in [3.63, 3.8) is 0 Å². The van der Waals surface area contributed by atoms with Gasteiger partial charge in [-0.15, -0.1) is 0 Å². The van der Waals surface area contributed by atoms with E-state index in [9.17, 15) is 4.79 Å². The average Bonchev–Trinajstić information content (AvgIpc) is 2.53. The average molecular weight is 271 g/mol. The third kappa shape index (κ3) is 2.80. The third-order valence-electron chi connectivity index (χ3n) is 3.70. The Labute approximate surface area is 118 Å². The topological polar surface area (TPSA) is 76.7 Å². The minimum absolute atomic E-state index is 0.0717. The second kappa shape index (κ2) is 6.20. The van der Waals surface area contributed by atoms with Crippen molar-refractivity contribution in [2.24, 2.45) is 11.1 Å². The Morgan fingerprint density at radius 1 is 1.60 bits per heavy atom. The van der Waals surface area contributed by atoms with Crippen LogP contribution >= 0.6 is 0 Å². The molecule has 20 heavy (non-hydrogen) atoms. The van der Waals surface area contributed by atoms with Crippen molar-refractivity contribution in [2.75, 3.05) is 13.1 Å². The molecule has 0 radical (unpaired) electrons. The lowest BCUT2D eigenvalue weighted by molar-refractivity contribution is 0.0729. The Morgan fingerprint density at radius 2 is 2.40 bits per heavy atom. The molecule has 1 aliphatic heterocycles. The molecular weight excluding hydrogens is 254 g/mol. The molecule has 0 aliphatic carbocycles. The Morgan fingerprint density at radius 3 is 3.05 bits per heavy atom. The molecule has 1 saturated heterocycles. The maximum atomic E-state index is 12.4. The summed E-state index contributed by atoms with van der Waals surface area (Å²) in [5, 5.41) is 21.2. The Balaban J connectivity index is 2.16. The smallest absolute Gasteiger partial charge is 0.253 e. The number of carbonyl (C=O) groups is 1. The van der Waals surface area contributed by atoms with Gasteiger partial charge >= 0.3 is 0 Å². The largest absolute Gasteiger partial charge is 0.411 e. The number of nitriles is 1. The minimum atomic E-state index is -0.0717. The zero-order valence-corrected chi connectivity index (χ0v) is 11.4. The van der Waals surface area contributed by atoms with E-state index < -0.39 is 0 Å². The van der Waals surface area contributed by atoms with Crippen LogP contribution in [-0.4, -0.2) is 34.8 Å². The molecule has 1 fully saturated rings. The van der Waals surface area contributed by atoms with E-state index in [1.54, 1.807) is 29.2 Å². The molecule has 1 heterocycles. The standard InChI is InChI=1S/C15H17N3O2/c1-2-12-10-18(7-6-14(12)17-20)15(19)13-5-3-4-11(8-13)9-16/h3-5,8,12,20H,2,6-7,10H2,1H3/b17-14+. The Kier molecular flexibility index (Phi) is 4.36. The van der Waals surface area contributed by atoms with Crippen LogP contribution in [0.2, 0.25) is 0 Å². The number of hydrogen-bond acceptors (Lipinski definition) is 4. The molecule has 1 N–H and O–H groups in total. The van der Waals surface area contributed by atoms with Crippen LogP contribution in [-0.2, 0) is 0 Å². The van der Waals surface area contributed by atoms with Gasteiger partial charge < -0.3 is 10.1 Å². The normalized spacial score (nSPS) is 20.7. The number of amides is 1. The summed E-state index contributed by atoms with van der Waals surface area (Å²) in [5.41, 5.74) is 1.78. The van der Waals surface area contributed by atoms with Crippen molar-refractivity contribution in [1.82, 2.24) is 4.90 Å². The van der Waals surface area contributed by atoms with Crippen molar-refractivity contribution in [1.29, 1.82) is 5.26 Å². The minimum Gasteiger partial charge on any atom is -0.411 e. The summed E-state index contributed by atoms with van der Waals surface area (Å²) in [5.74, 6) is 0.0365. The molecule has 1 unspecified atom stereocenters. The third-order valence-corrected chi connectivity index (χ3v) is 3.70. The SMILES string of the molecule is CCC1CN(C(=O)c2cccc(C#N)c2)CC/C1=N\O. The molecule has 0 bridgehead atoms. The monoisotopic (exact) mass is 271 g/mol. The van der Waals surface area contributed by atoms with Crippen molar-refractivity contribution < 1.29 is 10.0 Å². The summed E-state index contributed by atoms with van der Waals surface area (Å²) in [6, 6.07) is 8.77. The highest BCUT2D eigenvalue weighted by atomic mass is 16.4. The van der Waals surface area contributed by atoms with Crippen LogP contribution in [0.5, 0.6) is 0 Å². The Bertz CT molecular complexity index is 575. The van der Waals surface area contributed by atoms with Crippen molar-refractivity contribution in [2.45, 2.75) is 19.8 Å². The van der Waals surface area contributed by atoms with E-state index in [1.807, 2.05) is 13.0 Å².